The SMILES string of the molecule is CCCCC1=C(CCC2CCCC2)P(C(=O)O)CC=C1. The fourth-order valence-corrected chi connectivity index (χ4v) is 5.26. The fraction of sp³-hybridized carbons (Fsp3) is 0.706. The lowest BCUT2D eigenvalue weighted by Gasteiger charge is -2.23. The van der Waals surface area contributed by atoms with Crippen LogP contribution in [-0.2, 0) is 0 Å². The van der Waals surface area contributed by atoms with E-state index in [1.807, 2.05) is 0 Å². The number of carbonyl (C=O) groups is 1. The monoisotopic (exact) mass is 294 g/mol. The lowest BCUT2D eigenvalue weighted by molar-refractivity contribution is 0.221. The molecule has 0 bridgehead atoms. The summed E-state index contributed by atoms with van der Waals surface area (Å²) in [6.07, 6.45) is 16.2. The van der Waals surface area contributed by atoms with Crippen molar-refractivity contribution >= 4 is 13.6 Å². The quantitative estimate of drug-likeness (QED) is 0.573. The number of hydrogen-bond donors (Lipinski definition) is 1. The first-order valence-corrected chi connectivity index (χ1v) is 9.64. The molecule has 1 fully saturated rings. The van der Waals surface area contributed by atoms with E-state index in [2.05, 4.69) is 19.1 Å². The number of allylic oxidation sites excluding steroid dienone is 4. The number of unbranched alkanes of at least 4 members (excludes halogenated alkanes) is 1. The Labute approximate surface area is 124 Å². The van der Waals surface area contributed by atoms with Crippen molar-refractivity contribution < 1.29 is 9.90 Å². The largest absolute Gasteiger partial charge is 0.478 e. The minimum absolute atomic E-state index is 0.570. The standard InChI is InChI=1S/C17H27O2P/c1-2-3-9-15-10-6-13-20(17(18)19)16(15)12-11-14-7-4-5-8-14/h6,10,14H,2-5,7-9,11-13H2,1H3,(H,18,19). The maximum absolute atomic E-state index is 11.5. The van der Waals surface area contributed by atoms with Gasteiger partial charge < -0.3 is 5.11 Å². The van der Waals surface area contributed by atoms with Gasteiger partial charge in [-0.3, -0.25) is 0 Å². The second-order valence-electron chi connectivity index (χ2n) is 6.06. The highest BCUT2D eigenvalue weighted by Gasteiger charge is 2.26. The van der Waals surface area contributed by atoms with Crippen molar-refractivity contribution in [2.24, 2.45) is 5.92 Å². The summed E-state index contributed by atoms with van der Waals surface area (Å²) in [5.74, 6) is 0.853. The zero-order chi connectivity index (χ0) is 14.4. The molecule has 3 heteroatoms. The summed E-state index contributed by atoms with van der Waals surface area (Å²) in [6.45, 7) is 2.20. The summed E-state index contributed by atoms with van der Waals surface area (Å²) in [5.41, 5.74) is 0.782. The van der Waals surface area contributed by atoms with Crippen molar-refractivity contribution in [2.75, 3.05) is 6.16 Å². The lowest BCUT2D eigenvalue weighted by atomic mass is 9.99. The molecule has 0 aromatic carbocycles. The fourth-order valence-electron chi connectivity index (χ4n) is 3.40. The number of rotatable bonds is 7. The van der Waals surface area contributed by atoms with Crippen LogP contribution < -0.4 is 0 Å². The molecule has 1 aliphatic carbocycles. The van der Waals surface area contributed by atoms with Gasteiger partial charge in [-0.2, -0.15) is 0 Å². The van der Waals surface area contributed by atoms with Gasteiger partial charge in [0.25, 0.3) is 0 Å². The molecule has 20 heavy (non-hydrogen) atoms. The molecule has 1 atom stereocenters. The molecule has 0 radical (unpaired) electrons. The second-order valence-corrected chi connectivity index (χ2v) is 8.20. The van der Waals surface area contributed by atoms with Crippen molar-refractivity contribution in [2.45, 2.75) is 64.7 Å². The first-order valence-electron chi connectivity index (χ1n) is 8.11. The van der Waals surface area contributed by atoms with Gasteiger partial charge in [-0.1, -0.05) is 51.2 Å². The first-order chi connectivity index (χ1) is 9.72. The molecule has 1 saturated carbocycles. The van der Waals surface area contributed by atoms with Gasteiger partial charge in [-0.05, 0) is 48.7 Å². The normalized spacial score (nSPS) is 23.6. The lowest BCUT2D eigenvalue weighted by Crippen LogP contribution is -2.05. The molecule has 0 spiro atoms. The van der Waals surface area contributed by atoms with Crippen molar-refractivity contribution in [1.82, 2.24) is 0 Å². The van der Waals surface area contributed by atoms with Crippen molar-refractivity contribution in [3.63, 3.8) is 0 Å². The van der Waals surface area contributed by atoms with E-state index in [9.17, 15) is 9.90 Å². The minimum Gasteiger partial charge on any atom is -0.478 e. The molecule has 1 heterocycles. The molecule has 2 aliphatic rings. The van der Waals surface area contributed by atoms with Crippen LogP contribution in [-0.4, -0.2) is 17.0 Å². The maximum Gasteiger partial charge on any atom is 0.328 e. The topological polar surface area (TPSA) is 37.3 Å². The summed E-state index contributed by atoms with van der Waals surface area (Å²) >= 11 is 0. The third kappa shape index (κ3) is 4.19. The van der Waals surface area contributed by atoms with Crippen molar-refractivity contribution in [3.8, 4) is 0 Å². The Bertz CT molecular complexity index is 392. The van der Waals surface area contributed by atoms with Gasteiger partial charge in [0.15, 0.2) is 0 Å². The van der Waals surface area contributed by atoms with Crippen LogP contribution in [0.2, 0.25) is 0 Å². The number of hydrogen-bond acceptors (Lipinski definition) is 1. The average molecular weight is 294 g/mol. The zero-order valence-corrected chi connectivity index (χ0v) is 13.5. The van der Waals surface area contributed by atoms with Gasteiger partial charge in [-0.15, -0.1) is 0 Å². The Hall–Kier alpha value is -0.620. The van der Waals surface area contributed by atoms with Gasteiger partial charge in [0.2, 0.25) is 0 Å². The van der Waals surface area contributed by atoms with Gasteiger partial charge >= 0.3 is 5.71 Å². The maximum atomic E-state index is 11.5. The van der Waals surface area contributed by atoms with Crippen LogP contribution in [0.1, 0.15) is 64.7 Å². The number of carboxylic acid groups (broad SMARTS) is 1. The third-order valence-electron chi connectivity index (χ3n) is 4.60. The van der Waals surface area contributed by atoms with E-state index in [0.29, 0.717) is 0 Å². The van der Waals surface area contributed by atoms with Crippen LogP contribution in [0.3, 0.4) is 0 Å². The van der Waals surface area contributed by atoms with Crippen molar-refractivity contribution in [3.05, 3.63) is 23.0 Å². The molecule has 2 nitrogen and oxygen atoms in total. The first kappa shape index (κ1) is 15.8. The van der Waals surface area contributed by atoms with E-state index >= 15 is 0 Å². The Morgan fingerprint density at radius 3 is 2.75 bits per heavy atom. The molecule has 0 saturated heterocycles. The molecule has 112 valence electrons. The van der Waals surface area contributed by atoms with Crippen LogP contribution in [0.4, 0.5) is 4.79 Å². The molecule has 0 aromatic rings. The van der Waals surface area contributed by atoms with E-state index in [-0.39, 0.29) is 0 Å². The molecule has 0 amide bonds. The Kier molecular flexibility index (Phi) is 6.29. The highest BCUT2D eigenvalue weighted by Crippen LogP contribution is 2.53. The smallest absolute Gasteiger partial charge is 0.328 e. The van der Waals surface area contributed by atoms with E-state index in [1.165, 1.54) is 55.8 Å². The molecule has 1 unspecified atom stereocenters. The molecule has 0 aromatic heterocycles. The van der Waals surface area contributed by atoms with Gasteiger partial charge in [0, 0.05) is 7.92 Å². The van der Waals surface area contributed by atoms with E-state index in [4.69, 9.17) is 0 Å². The summed E-state index contributed by atoms with van der Waals surface area (Å²) in [4.78, 5) is 11.5. The van der Waals surface area contributed by atoms with Crippen LogP contribution >= 0.6 is 7.92 Å². The van der Waals surface area contributed by atoms with Crippen LogP contribution in [0, 0.1) is 5.92 Å². The highest BCUT2D eigenvalue weighted by atomic mass is 31.1. The summed E-state index contributed by atoms with van der Waals surface area (Å²) in [7, 11) is -0.961. The van der Waals surface area contributed by atoms with E-state index in [1.54, 1.807) is 0 Å². The molecule has 2 rings (SSSR count). The van der Waals surface area contributed by atoms with Gasteiger partial charge in [0.1, 0.15) is 0 Å². The summed E-state index contributed by atoms with van der Waals surface area (Å²) < 4.78 is 0. The van der Waals surface area contributed by atoms with Crippen molar-refractivity contribution in [1.29, 1.82) is 0 Å². The van der Waals surface area contributed by atoms with Gasteiger partial charge in [0.05, 0.1) is 0 Å². The molecular weight excluding hydrogens is 267 g/mol. The Balaban J connectivity index is 2.06. The predicted octanol–water partition coefficient (Wildman–Crippen LogP) is 6.13. The second kappa shape index (κ2) is 7.98. The molecule has 1 aliphatic heterocycles. The Morgan fingerprint density at radius 2 is 2.10 bits per heavy atom. The van der Waals surface area contributed by atoms with Crippen LogP contribution in [0.15, 0.2) is 23.0 Å². The summed E-state index contributed by atoms with van der Waals surface area (Å²) in [6, 6.07) is 0. The minimum atomic E-state index is -0.961. The zero-order valence-electron chi connectivity index (χ0n) is 12.6. The molecular formula is C17H27O2P. The highest BCUT2D eigenvalue weighted by molar-refractivity contribution is 7.78. The third-order valence-corrected chi connectivity index (χ3v) is 6.80. The summed E-state index contributed by atoms with van der Waals surface area (Å²) in [5, 5.41) is 10.8. The molecule has 1 N–H and O–H groups in total. The Morgan fingerprint density at radius 1 is 1.35 bits per heavy atom. The average Bonchev–Trinajstić information content (AvgIpc) is 2.96. The van der Waals surface area contributed by atoms with Gasteiger partial charge in [-0.25, -0.2) is 4.79 Å². The predicted molar refractivity (Wildman–Crippen MR) is 86.7 cm³/mol. The van der Waals surface area contributed by atoms with E-state index in [0.717, 1.165) is 24.9 Å². The van der Waals surface area contributed by atoms with Crippen LogP contribution in [0.25, 0.3) is 0 Å². The van der Waals surface area contributed by atoms with Crippen LogP contribution in [0.5, 0.6) is 0 Å². The van der Waals surface area contributed by atoms with E-state index < -0.39 is 13.6 Å².